The number of hydrogen-bond acceptors (Lipinski definition) is 1. The smallest absolute Gasteiger partial charge is 0.0290 e. The van der Waals surface area contributed by atoms with Gasteiger partial charge in [-0.1, -0.05) is 30.3 Å². The number of hydrogen-bond donors (Lipinski definition) is 0. The Morgan fingerprint density at radius 3 is 2.50 bits per heavy atom. The average Bonchev–Trinajstić information content (AvgIpc) is 2.79. The van der Waals surface area contributed by atoms with E-state index in [1.807, 2.05) is 18.2 Å². The minimum atomic E-state index is 0.0670. The van der Waals surface area contributed by atoms with Gasteiger partial charge in [-0.2, -0.15) is 0 Å². The Bertz CT molecular complexity index is 283. The third kappa shape index (κ3) is 1.37. The molecule has 0 heterocycles. The van der Waals surface area contributed by atoms with Crippen LogP contribution in [0.3, 0.4) is 0 Å². The summed E-state index contributed by atoms with van der Waals surface area (Å²) in [6.07, 6.45) is 0.0670. The summed E-state index contributed by atoms with van der Waals surface area (Å²) in [5, 5.41) is 0. The van der Waals surface area contributed by atoms with Gasteiger partial charge >= 0.3 is 0 Å². The van der Waals surface area contributed by atoms with Gasteiger partial charge in [-0.3, -0.25) is 0 Å². The van der Waals surface area contributed by atoms with Crippen molar-refractivity contribution >= 4 is 0 Å². The molecule has 1 aromatic rings. The molecule has 0 aromatic heterocycles. The third-order valence-corrected chi connectivity index (χ3v) is 2.41. The van der Waals surface area contributed by atoms with Crippen LogP contribution in [0.1, 0.15) is 19.2 Å². The maximum Gasteiger partial charge on any atom is 0.0290 e. The number of likely N-dealkylation sites (N-methyl/N-ethyl adjacent to an activating group) is 1. The van der Waals surface area contributed by atoms with E-state index in [2.05, 4.69) is 31.1 Å². The molecule has 1 fully saturated rings. The number of nitrogens with zero attached hydrogens (tertiary/aromatic N) is 1. The van der Waals surface area contributed by atoms with Gasteiger partial charge in [0.15, 0.2) is 0 Å². The SMILES string of the molecule is [2H][C@H]1[C@@H](c2ccccc2)[C@@H]1N(C)C. The van der Waals surface area contributed by atoms with Crippen LogP contribution in [-0.4, -0.2) is 25.0 Å². The molecule has 0 radical (unpaired) electrons. The van der Waals surface area contributed by atoms with Crippen LogP contribution in [0, 0.1) is 0 Å². The van der Waals surface area contributed by atoms with Crippen LogP contribution in [0.15, 0.2) is 30.3 Å². The molecule has 3 atom stereocenters. The first-order valence-corrected chi connectivity index (χ1v) is 4.35. The Hall–Kier alpha value is -0.820. The second kappa shape index (κ2) is 2.91. The summed E-state index contributed by atoms with van der Waals surface area (Å²) in [7, 11) is 4.10. The van der Waals surface area contributed by atoms with E-state index in [0.29, 0.717) is 12.0 Å². The van der Waals surface area contributed by atoms with Crippen LogP contribution in [0.2, 0.25) is 0 Å². The van der Waals surface area contributed by atoms with Crippen molar-refractivity contribution in [1.29, 1.82) is 0 Å². The molecule has 0 unspecified atom stereocenters. The number of benzene rings is 1. The largest absolute Gasteiger partial charge is 0.306 e. The predicted molar refractivity (Wildman–Crippen MR) is 51.3 cm³/mol. The predicted octanol–water partition coefficient (Wildman–Crippen LogP) is 2.10. The topological polar surface area (TPSA) is 3.24 Å². The van der Waals surface area contributed by atoms with Gasteiger partial charge in [0.2, 0.25) is 0 Å². The highest BCUT2D eigenvalue weighted by Gasteiger charge is 2.39. The lowest BCUT2D eigenvalue weighted by Gasteiger charge is -2.08. The summed E-state index contributed by atoms with van der Waals surface area (Å²) in [4.78, 5) is 2.15. The monoisotopic (exact) mass is 162 g/mol. The molecule has 0 N–H and O–H groups in total. The standard InChI is InChI=1S/C11H15N/c1-12(2)11-8-10(11)9-6-4-3-5-7-9/h3-7,10-11H,8H2,1-2H3/t10-,11+/m0/s1/i8D/t8-,10-,11+. The summed E-state index contributed by atoms with van der Waals surface area (Å²) in [5.41, 5.74) is 1.31. The molecule has 1 saturated carbocycles. The minimum Gasteiger partial charge on any atom is -0.306 e. The molecule has 0 amide bonds. The highest BCUT2D eigenvalue weighted by atomic mass is 15.1. The van der Waals surface area contributed by atoms with E-state index in [1.54, 1.807) is 0 Å². The summed E-state index contributed by atoms with van der Waals surface area (Å²) in [6.45, 7) is 0. The van der Waals surface area contributed by atoms with Crippen LogP contribution in [0.5, 0.6) is 0 Å². The van der Waals surface area contributed by atoms with Crippen molar-refractivity contribution in [3.8, 4) is 0 Å². The lowest BCUT2D eigenvalue weighted by atomic mass is 10.1. The van der Waals surface area contributed by atoms with E-state index in [4.69, 9.17) is 1.37 Å². The lowest BCUT2D eigenvalue weighted by molar-refractivity contribution is 0.391. The Labute approximate surface area is 75.4 Å². The van der Waals surface area contributed by atoms with E-state index < -0.39 is 0 Å². The quantitative estimate of drug-likeness (QED) is 0.643. The fourth-order valence-corrected chi connectivity index (χ4v) is 1.63. The van der Waals surface area contributed by atoms with Crippen LogP contribution >= 0.6 is 0 Å². The minimum absolute atomic E-state index is 0.0670. The molecule has 0 spiro atoms. The maximum absolute atomic E-state index is 7.84. The fraction of sp³-hybridized carbons (Fsp3) is 0.455. The average molecular weight is 162 g/mol. The van der Waals surface area contributed by atoms with Gasteiger partial charge < -0.3 is 4.90 Å². The Morgan fingerprint density at radius 1 is 1.33 bits per heavy atom. The van der Waals surface area contributed by atoms with Gasteiger partial charge in [-0.25, -0.2) is 0 Å². The fourth-order valence-electron chi connectivity index (χ4n) is 1.63. The van der Waals surface area contributed by atoms with Crippen molar-refractivity contribution in [1.82, 2.24) is 4.90 Å². The summed E-state index contributed by atoms with van der Waals surface area (Å²) >= 11 is 0. The van der Waals surface area contributed by atoms with E-state index in [9.17, 15) is 0 Å². The molecule has 1 heteroatoms. The van der Waals surface area contributed by atoms with Crippen molar-refractivity contribution in [2.75, 3.05) is 14.1 Å². The second-order valence-electron chi connectivity index (χ2n) is 3.58. The van der Waals surface area contributed by atoms with Crippen LogP contribution in [-0.2, 0) is 0 Å². The van der Waals surface area contributed by atoms with Gasteiger partial charge in [0.25, 0.3) is 0 Å². The van der Waals surface area contributed by atoms with Crippen molar-refractivity contribution < 1.29 is 1.37 Å². The first kappa shape index (κ1) is 6.67. The maximum atomic E-state index is 7.84. The highest BCUT2D eigenvalue weighted by Crippen LogP contribution is 2.43. The van der Waals surface area contributed by atoms with Gasteiger partial charge in [-0.15, -0.1) is 0 Å². The molecule has 1 nitrogen and oxygen atoms in total. The Balaban J connectivity index is 2.14. The number of rotatable bonds is 2. The Morgan fingerprint density at radius 2 is 2.00 bits per heavy atom. The summed E-state index contributed by atoms with van der Waals surface area (Å²) in [6, 6.07) is 10.8. The van der Waals surface area contributed by atoms with Gasteiger partial charge in [0.1, 0.15) is 0 Å². The van der Waals surface area contributed by atoms with Gasteiger partial charge in [0.05, 0.1) is 0 Å². The van der Waals surface area contributed by atoms with E-state index in [1.165, 1.54) is 5.56 Å². The van der Waals surface area contributed by atoms with Crippen molar-refractivity contribution in [2.45, 2.75) is 18.4 Å². The zero-order chi connectivity index (χ0) is 9.42. The first-order chi connectivity index (χ1) is 6.22. The molecule has 1 aromatic carbocycles. The van der Waals surface area contributed by atoms with Gasteiger partial charge in [-0.05, 0) is 26.1 Å². The highest BCUT2D eigenvalue weighted by molar-refractivity contribution is 5.27. The van der Waals surface area contributed by atoms with Crippen LogP contribution < -0.4 is 0 Å². The molecule has 0 bridgehead atoms. The summed E-state index contributed by atoms with van der Waals surface area (Å²) in [5.74, 6) is 0.427. The molecular formula is C11H15N. The van der Waals surface area contributed by atoms with Crippen molar-refractivity contribution in [3.63, 3.8) is 0 Å². The van der Waals surface area contributed by atoms with E-state index >= 15 is 0 Å². The second-order valence-corrected chi connectivity index (χ2v) is 3.58. The third-order valence-electron chi connectivity index (χ3n) is 2.41. The lowest BCUT2D eigenvalue weighted by Crippen LogP contribution is -2.15. The molecule has 1 aliphatic rings. The van der Waals surface area contributed by atoms with Crippen LogP contribution in [0.25, 0.3) is 0 Å². The molecule has 12 heavy (non-hydrogen) atoms. The first-order valence-electron chi connectivity index (χ1n) is 4.93. The zero-order valence-corrected chi connectivity index (χ0v) is 7.57. The normalized spacial score (nSPS) is 34.9. The van der Waals surface area contributed by atoms with Crippen molar-refractivity contribution in [3.05, 3.63) is 35.9 Å². The molecule has 0 aliphatic heterocycles. The van der Waals surface area contributed by atoms with E-state index in [0.717, 1.165) is 0 Å². The zero-order valence-electron chi connectivity index (χ0n) is 8.57. The summed E-state index contributed by atoms with van der Waals surface area (Å²) < 4.78 is 7.84. The molecule has 1 aliphatic carbocycles. The van der Waals surface area contributed by atoms with Crippen molar-refractivity contribution in [2.24, 2.45) is 0 Å². The molecule has 64 valence electrons. The molecule has 0 saturated heterocycles. The van der Waals surface area contributed by atoms with Gasteiger partial charge in [0, 0.05) is 13.3 Å². The van der Waals surface area contributed by atoms with Crippen LogP contribution in [0.4, 0.5) is 0 Å². The molecular weight excluding hydrogens is 146 g/mol. The Kier molecular flexibility index (Phi) is 1.62. The molecule has 2 rings (SSSR count). The van der Waals surface area contributed by atoms with E-state index in [-0.39, 0.29) is 6.40 Å².